The lowest BCUT2D eigenvalue weighted by atomic mass is 9.91. The Morgan fingerprint density at radius 2 is 2.03 bits per heavy atom. The van der Waals surface area contributed by atoms with Crippen LogP contribution in [0.25, 0.3) is 0 Å². The number of aromatic nitrogens is 2. The van der Waals surface area contributed by atoms with Gasteiger partial charge < -0.3 is 24.2 Å². The Labute approximate surface area is 182 Å². The molecule has 1 fully saturated rings. The number of aliphatic hydroxyl groups is 1. The fourth-order valence-electron chi connectivity index (χ4n) is 4.33. The molecule has 1 unspecified atom stereocenters. The quantitative estimate of drug-likeness (QED) is 0.791. The number of imidazole rings is 1. The molecular weight excluding hydrogens is 396 g/mol. The first-order valence-corrected chi connectivity index (χ1v) is 10.8. The molecular formula is C23H30N4O4. The number of rotatable bonds is 5. The lowest BCUT2D eigenvalue weighted by Crippen LogP contribution is -2.50. The molecule has 3 heterocycles. The Kier molecular flexibility index (Phi) is 5.75. The summed E-state index contributed by atoms with van der Waals surface area (Å²) in [5.41, 5.74) is 0.915. The summed E-state index contributed by atoms with van der Waals surface area (Å²) in [5.74, 6) is 1.41. The number of carbonyl (C=O) groups excluding carboxylic acids is 2. The molecule has 2 aromatic rings. The number of nitrogens with zero attached hydrogens (tertiary/aromatic N) is 4. The summed E-state index contributed by atoms with van der Waals surface area (Å²) in [5, 5.41) is 10.9. The van der Waals surface area contributed by atoms with Crippen molar-refractivity contribution >= 4 is 17.5 Å². The lowest BCUT2D eigenvalue weighted by molar-refractivity contribution is -0.135. The Morgan fingerprint density at radius 3 is 2.71 bits per heavy atom. The molecule has 0 spiro atoms. The maximum atomic E-state index is 12.8. The van der Waals surface area contributed by atoms with Gasteiger partial charge in [0.1, 0.15) is 11.6 Å². The van der Waals surface area contributed by atoms with Crippen LogP contribution < -0.4 is 9.64 Å². The molecule has 1 aromatic heterocycles. The van der Waals surface area contributed by atoms with Crippen LogP contribution in [0, 0.1) is 13.8 Å². The summed E-state index contributed by atoms with van der Waals surface area (Å²) in [7, 11) is 0. The van der Waals surface area contributed by atoms with Crippen molar-refractivity contribution in [3.63, 3.8) is 0 Å². The number of benzene rings is 1. The van der Waals surface area contributed by atoms with E-state index in [0.29, 0.717) is 44.8 Å². The molecule has 1 N–H and O–H groups in total. The van der Waals surface area contributed by atoms with E-state index in [-0.39, 0.29) is 18.2 Å². The van der Waals surface area contributed by atoms with Gasteiger partial charge in [0.05, 0.1) is 17.8 Å². The zero-order valence-corrected chi connectivity index (χ0v) is 18.4. The normalized spacial score (nSPS) is 20.4. The van der Waals surface area contributed by atoms with E-state index in [1.807, 2.05) is 42.8 Å². The molecule has 1 atom stereocenters. The second-order valence-electron chi connectivity index (χ2n) is 8.68. The second kappa shape index (κ2) is 8.34. The summed E-state index contributed by atoms with van der Waals surface area (Å²) in [6, 6.07) is 5.74. The topological polar surface area (TPSA) is 87.9 Å². The molecule has 1 aromatic carbocycles. The van der Waals surface area contributed by atoms with Crippen LogP contribution in [0.2, 0.25) is 0 Å². The zero-order chi connectivity index (χ0) is 22.2. The molecule has 0 bridgehead atoms. The van der Waals surface area contributed by atoms with Gasteiger partial charge in [0.2, 0.25) is 5.91 Å². The van der Waals surface area contributed by atoms with Crippen molar-refractivity contribution < 1.29 is 19.4 Å². The van der Waals surface area contributed by atoms with Gasteiger partial charge >= 0.3 is 0 Å². The minimum absolute atomic E-state index is 0.00186. The Bertz CT molecular complexity index is 978. The van der Waals surface area contributed by atoms with Crippen LogP contribution in [0.3, 0.4) is 0 Å². The van der Waals surface area contributed by atoms with Crippen LogP contribution >= 0.6 is 0 Å². The van der Waals surface area contributed by atoms with Gasteiger partial charge in [0.25, 0.3) is 5.91 Å². The molecule has 2 aliphatic rings. The van der Waals surface area contributed by atoms with E-state index < -0.39 is 11.7 Å². The molecule has 31 heavy (non-hydrogen) atoms. The molecule has 2 amide bonds. The fraction of sp³-hybridized carbons (Fsp3) is 0.522. The second-order valence-corrected chi connectivity index (χ2v) is 8.68. The first kappa shape index (κ1) is 21.4. The van der Waals surface area contributed by atoms with Crippen molar-refractivity contribution in [1.82, 2.24) is 14.5 Å². The largest absolute Gasteiger partial charge is 0.479 e. The summed E-state index contributed by atoms with van der Waals surface area (Å²) in [6.45, 7) is 7.42. The number of carbonyl (C=O) groups is 2. The van der Waals surface area contributed by atoms with E-state index in [0.717, 1.165) is 17.1 Å². The van der Waals surface area contributed by atoms with Gasteiger partial charge in [-0.2, -0.15) is 0 Å². The first-order valence-electron chi connectivity index (χ1n) is 10.8. The van der Waals surface area contributed by atoms with Gasteiger partial charge in [-0.05, 0) is 51.3 Å². The number of fused-ring (bicyclic) bond motifs is 1. The monoisotopic (exact) mass is 426 g/mol. The van der Waals surface area contributed by atoms with Crippen molar-refractivity contribution in [1.29, 1.82) is 0 Å². The minimum Gasteiger partial charge on any atom is -0.479 e. The number of likely N-dealkylation sites (tertiary alicyclic amines) is 1. The summed E-state index contributed by atoms with van der Waals surface area (Å²) in [4.78, 5) is 33.2. The highest BCUT2D eigenvalue weighted by atomic mass is 16.5. The molecule has 4 rings (SSSR count). The molecule has 166 valence electrons. The van der Waals surface area contributed by atoms with Crippen molar-refractivity contribution in [2.45, 2.75) is 58.3 Å². The standard InChI is InChI=1S/C23H30N4O4/c1-16-4-5-20-19(14-16)27(22(29)17(2)31-20)10-6-21(28)25-11-7-23(30,8-12-25)15-26-13-9-24-18(26)3/h4-5,9,13-14,17,30H,6-8,10-12,15H2,1-3H3. The van der Waals surface area contributed by atoms with Crippen molar-refractivity contribution in [2.24, 2.45) is 0 Å². The van der Waals surface area contributed by atoms with Crippen LogP contribution in [0.4, 0.5) is 5.69 Å². The summed E-state index contributed by atoms with van der Waals surface area (Å²) in [6.07, 6.45) is 4.31. The number of piperidine rings is 1. The Hall–Kier alpha value is -2.87. The van der Waals surface area contributed by atoms with Gasteiger partial charge in [0.15, 0.2) is 6.10 Å². The van der Waals surface area contributed by atoms with E-state index in [9.17, 15) is 14.7 Å². The van der Waals surface area contributed by atoms with Crippen LogP contribution in [0.1, 0.15) is 37.6 Å². The number of aryl methyl sites for hydroxylation is 2. The van der Waals surface area contributed by atoms with Gasteiger partial charge in [-0.3, -0.25) is 9.59 Å². The van der Waals surface area contributed by atoms with Crippen LogP contribution in [0.5, 0.6) is 5.75 Å². The minimum atomic E-state index is -0.839. The highest BCUT2D eigenvalue weighted by molar-refractivity contribution is 6.00. The highest BCUT2D eigenvalue weighted by Gasteiger charge is 2.36. The number of ether oxygens (including phenoxy) is 1. The van der Waals surface area contributed by atoms with Crippen LogP contribution in [-0.2, 0) is 16.1 Å². The smallest absolute Gasteiger partial charge is 0.267 e. The van der Waals surface area contributed by atoms with Crippen LogP contribution in [-0.4, -0.2) is 62.7 Å². The van der Waals surface area contributed by atoms with E-state index in [1.54, 1.807) is 22.9 Å². The number of anilines is 1. The van der Waals surface area contributed by atoms with Gasteiger partial charge in [-0.1, -0.05) is 6.07 Å². The van der Waals surface area contributed by atoms with E-state index in [2.05, 4.69) is 4.98 Å². The highest BCUT2D eigenvalue weighted by Crippen LogP contribution is 2.35. The third kappa shape index (κ3) is 4.44. The van der Waals surface area contributed by atoms with Gasteiger partial charge in [0, 0.05) is 38.4 Å². The van der Waals surface area contributed by atoms with Crippen molar-refractivity contribution in [3.05, 3.63) is 42.0 Å². The molecule has 0 saturated carbocycles. The molecule has 8 heteroatoms. The number of hydrogen-bond acceptors (Lipinski definition) is 5. The molecule has 2 aliphatic heterocycles. The molecule has 0 radical (unpaired) electrons. The Morgan fingerprint density at radius 1 is 1.29 bits per heavy atom. The summed E-state index contributed by atoms with van der Waals surface area (Å²) < 4.78 is 7.65. The maximum Gasteiger partial charge on any atom is 0.267 e. The van der Waals surface area contributed by atoms with E-state index in [4.69, 9.17) is 4.74 Å². The third-order valence-corrected chi connectivity index (χ3v) is 6.31. The van der Waals surface area contributed by atoms with E-state index in [1.165, 1.54) is 0 Å². The number of amides is 2. The average Bonchev–Trinajstić information content (AvgIpc) is 3.13. The predicted octanol–water partition coefficient (Wildman–Crippen LogP) is 2.06. The van der Waals surface area contributed by atoms with Crippen molar-refractivity contribution in [2.75, 3.05) is 24.5 Å². The average molecular weight is 427 g/mol. The van der Waals surface area contributed by atoms with Crippen LogP contribution in [0.15, 0.2) is 30.6 Å². The van der Waals surface area contributed by atoms with Gasteiger partial charge in [-0.15, -0.1) is 0 Å². The predicted molar refractivity (Wildman–Crippen MR) is 116 cm³/mol. The SMILES string of the molecule is Cc1ccc2c(c1)N(CCC(=O)N1CCC(O)(Cn3ccnc3C)CC1)C(=O)C(C)O2. The van der Waals surface area contributed by atoms with E-state index >= 15 is 0 Å². The molecule has 0 aliphatic carbocycles. The molecule has 1 saturated heterocycles. The number of hydrogen-bond donors (Lipinski definition) is 1. The van der Waals surface area contributed by atoms with Gasteiger partial charge in [-0.25, -0.2) is 4.98 Å². The summed E-state index contributed by atoms with van der Waals surface area (Å²) >= 11 is 0. The third-order valence-electron chi connectivity index (χ3n) is 6.31. The molecule has 8 nitrogen and oxygen atoms in total. The lowest BCUT2D eigenvalue weighted by Gasteiger charge is -2.39. The zero-order valence-electron chi connectivity index (χ0n) is 18.4. The fourth-order valence-corrected chi connectivity index (χ4v) is 4.33. The Balaban J connectivity index is 1.35. The first-order chi connectivity index (χ1) is 14.8. The van der Waals surface area contributed by atoms with Crippen molar-refractivity contribution in [3.8, 4) is 5.75 Å². The maximum absolute atomic E-state index is 12.8.